The van der Waals surface area contributed by atoms with Crippen LogP contribution in [0, 0.1) is 29.1 Å². The number of nitrogens with one attached hydrogen (secondary N) is 3. The van der Waals surface area contributed by atoms with Crippen LogP contribution in [-0.2, 0) is 89.2 Å². The zero-order valence-electron chi connectivity index (χ0n) is 51.6. The van der Waals surface area contributed by atoms with Gasteiger partial charge in [0, 0.05) is 70.7 Å². The molecule has 2 aromatic rings. The number of rotatable bonds is 35. The fraction of sp³-hybridized carbons (Fsp3) is 0.635. The van der Waals surface area contributed by atoms with E-state index in [-0.39, 0.29) is 120 Å². The van der Waals surface area contributed by atoms with Crippen molar-refractivity contribution in [2.45, 2.75) is 150 Å². The monoisotopic (exact) mass is 1230 g/mol. The number of carboxylic acid groups (broad SMARTS) is 1. The van der Waals surface area contributed by atoms with Crippen LogP contribution in [0.15, 0.2) is 54.6 Å². The Morgan fingerprint density at radius 1 is 0.814 bits per heavy atom. The van der Waals surface area contributed by atoms with Crippen molar-refractivity contribution in [3.8, 4) is 5.75 Å². The Morgan fingerprint density at radius 2 is 1.45 bits per heavy atom. The van der Waals surface area contributed by atoms with Crippen molar-refractivity contribution in [2.75, 3.05) is 80.1 Å². The number of carbonyl (C=O) groups excluding carboxylic acids is 8. The van der Waals surface area contributed by atoms with Gasteiger partial charge >= 0.3 is 17.9 Å². The molecule has 0 unspecified atom stereocenters. The summed E-state index contributed by atoms with van der Waals surface area (Å²) < 4.78 is 44.7. The maximum atomic E-state index is 14.0. The molecule has 478 valence electrons. The summed E-state index contributed by atoms with van der Waals surface area (Å²) in [7, 11) is 3.07. The van der Waals surface area contributed by atoms with Crippen molar-refractivity contribution in [1.82, 2.24) is 20.9 Å². The van der Waals surface area contributed by atoms with Gasteiger partial charge in [-0.1, -0.05) is 82.6 Å². The zero-order valence-corrected chi connectivity index (χ0v) is 52.4. The minimum atomic E-state index is -1.28. The Labute approximate surface area is 510 Å². The zero-order chi connectivity index (χ0) is 63.5. The molecule has 1 saturated heterocycles. The van der Waals surface area contributed by atoms with Gasteiger partial charge < -0.3 is 63.9 Å². The lowest BCUT2D eigenvalue weighted by atomic mass is 9.88. The number of hydrogen-bond donors (Lipinski definition) is 4. The van der Waals surface area contributed by atoms with E-state index in [0.29, 0.717) is 55.8 Å². The van der Waals surface area contributed by atoms with Crippen molar-refractivity contribution in [3.05, 3.63) is 76.3 Å². The summed E-state index contributed by atoms with van der Waals surface area (Å²) >= 11 is 6.39. The molecule has 23 heteroatoms. The van der Waals surface area contributed by atoms with E-state index >= 15 is 0 Å². The Morgan fingerprint density at radius 3 is 2.07 bits per heavy atom. The third-order valence-electron chi connectivity index (χ3n) is 14.9. The number of methoxy groups -OCH3 is 2. The molecule has 2 heterocycles. The fourth-order valence-corrected chi connectivity index (χ4v) is 9.69. The number of carboxylic acids is 1. The average molecular weight is 1230 g/mol. The summed E-state index contributed by atoms with van der Waals surface area (Å²) in [5, 5.41) is 18.0. The molecule has 0 saturated carbocycles. The van der Waals surface area contributed by atoms with Crippen LogP contribution < -0.4 is 20.7 Å². The maximum Gasteiger partial charge on any atom is 0.347 e. The topological polar surface area (TPSA) is 290 Å². The number of benzene rings is 2. The molecule has 0 bridgehead atoms. The summed E-state index contributed by atoms with van der Waals surface area (Å²) in [6.07, 6.45) is 0.232. The number of hydrogen-bond acceptors (Lipinski definition) is 17. The molecular formula is C63H91ClN4O18. The van der Waals surface area contributed by atoms with E-state index in [1.165, 1.54) is 18.1 Å². The number of epoxide rings is 1. The molecular weight excluding hydrogens is 1140 g/mol. The number of halogens is 1. The molecule has 4 N–H and O–H groups in total. The van der Waals surface area contributed by atoms with Gasteiger partial charge in [-0.2, -0.15) is 0 Å². The minimum absolute atomic E-state index is 0.0238. The lowest BCUT2D eigenvalue weighted by Crippen LogP contribution is -2.51. The summed E-state index contributed by atoms with van der Waals surface area (Å²) in [5.41, 5.74) is 1.07. The largest absolute Gasteiger partial charge is 0.495 e. The molecule has 1 fully saturated rings. The predicted octanol–water partition coefficient (Wildman–Crippen LogP) is 6.14. The summed E-state index contributed by atoms with van der Waals surface area (Å²) in [4.78, 5) is 121. The number of carbonyl (C=O) groups is 9. The van der Waals surface area contributed by atoms with Gasteiger partial charge in [-0.15, -0.1) is 0 Å². The molecule has 8 atom stereocenters. The SMILES string of the molecule is COCCOCCOCCOCCC(=O)N(CCC(=O)O)CCC(=O)C[C@H](C(=O)N[C@@H](C)C(=O)CCc1ccc([C@H]2O[C@@H]2[C@@H](C)[C@@H]2C/C=C/C(=O)N[C@H](Cc3ccc(OC)c(Cl)c3)C(=O)NCC(C)(C)C(=O)O[C@@H](CC(C)C)C(=O)O2)cc1)C(C)C. The number of nitrogens with zero attached hydrogens (tertiary/aromatic N) is 1. The number of Topliss-reactive ketones (excluding diaryl/α,β-unsaturated/α-hetero) is 2. The minimum Gasteiger partial charge on any atom is -0.495 e. The highest BCUT2D eigenvalue weighted by Crippen LogP contribution is 2.45. The van der Waals surface area contributed by atoms with Crippen LogP contribution >= 0.6 is 11.6 Å². The van der Waals surface area contributed by atoms with Crippen LogP contribution in [0.3, 0.4) is 0 Å². The number of ketones is 2. The van der Waals surface area contributed by atoms with Crippen molar-refractivity contribution in [1.29, 1.82) is 0 Å². The first-order chi connectivity index (χ1) is 40.8. The van der Waals surface area contributed by atoms with Crippen LogP contribution in [-0.4, -0.2) is 174 Å². The van der Waals surface area contributed by atoms with Gasteiger partial charge in [0.05, 0.1) is 88.8 Å². The molecule has 2 aromatic carbocycles. The van der Waals surface area contributed by atoms with E-state index in [0.717, 1.165) is 11.1 Å². The number of esters is 2. The van der Waals surface area contributed by atoms with E-state index in [2.05, 4.69) is 16.0 Å². The van der Waals surface area contributed by atoms with E-state index < -0.39 is 83.3 Å². The molecule has 0 radical (unpaired) electrons. The molecule has 0 aliphatic carbocycles. The highest BCUT2D eigenvalue weighted by Gasteiger charge is 2.48. The Bertz CT molecular complexity index is 2590. The molecule has 2 aliphatic heterocycles. The Kier molecular flexibility index (Phi) is 30.8. The number of amides is 4. The quantitative estimate of drug-likeness (QED) is 0.0342. The lowest BCUT2D eigenvalue weighted by Gasteiger charge is -2.29. The van der Waals surface area contributed by atoms with Crippen molar-refractivity contribution >= 4 is 64.7 Å². The van der Waals surface area contributed by atoms with Crippen LogP contribution in [0.25, 0.3) is 0 Å². The first-order valence-electron chi connectivity index (χ1n) is 29.6. The average Bonchev–Trinajstić information content (AvgIpc) is 2.72. The highest BCUT2D eigenvalue weighted by molar-refractivity contribution is 6.32. The van der Waals surface area contributed by atoms with E-state index in [9.17, 15) is 48.3 Å². The van der Waals surface area contributed by atoms with Gasteiger partial charge in [0.15, 0.2) is 11.9 Å². The second kappa shape index (κ2) is 36.8. The number of aryl methyl sites for hydroxylation is 1. The second-order valence-corrected chi connectivity index (χ2v) is 23.6. The molecule has 0 aromatic heterocycles. The maximum absolute atomic E-state index is 14.0. The summed E-state index contributed by atoms with van der Waals surface area (Å²) in [5.74, 6) is -6.06. The van der Waals surface area contributed by atoms with Crippen LogP contribution in [0.4, 0.5) is 0 Å². The lowest BCUT2D eigenvalue weighted by molar-refractivity contribution is -0.179. The summed E-state index contributed by atoms with van der Waals surface area (Å²) in [6.45, 7) is 16.1. The molecule has 86 heavy (non-hydrogen) atoms. The Hall–Kier alpha value is -6.30. The third kappa shape index (κ3) is 25.2. The van der Waals surface area contributed by atoms with Crippen molar-refractivity contribution in [2.24, 2.45) is 29.1 Å². The van der Waals surface area contributed by atoms with Crippen LogP contribution in [0.5, 0.6) is 5.75 Å². The normalized spacial score (nSPS) is 20.6. The Balaban J connectivity index is 1.33. The molecule has 4 amide bonds. The predicted molar refractivity (Wildman–Crippen MR) is 318 cm³/mol. The number of aliphatic carboxylic acids is 1. The summed E-state index contributed by atoms with van der Waals surface area (Å²) in [6, 6.07) is 10.7. The standard InChI is InChI=1S/C63H91ClN4O18/c1-39(2)34-53-61(77)84-51(12-11-13-54(71)67-49(36-44-17-21-52(80-10)48(64)35-44)60(76)65-38-63(7,8)62(78)85-53)41(5)57-58(86-57)45-18-14-43(15-19-45)16-20-50(70)42(6)66-59(75)47(40(3)4)37-46(69)22-25-68(26-23-56(73)74)55(72)24-27-81-30-31-83-33-32-82-29-28-79-9/h11,13-15,17-19,21,35,39-42,47,49,51,53,57-58H,12,16,20,22-34,36-38H2,1-10H3,(H,65,76)(H,66,75)(H,67,71)(H,73,74)/b13-11+/t41-,42-,47-,49+,51-,53-,57+,58+/m0/s1. The van der Waals surface area contributed by atoms with Gasteiger partial charge in [-0.3, -0.25) is 38.4 Å². The van der Waals surface area contributed by atoms with Gasteiger partial charge in [-0.05, 0) is 80.3 Å². The second-order valence-electron chi connectivity index (χ2n) is 23.2. The van der Waals surface area contributed by atoms with Crippen molar-refractivity contribution in [3.63, 3.8) is 0 Å². The smallest absolute Gasteiger partial charge is 0.347 e. The van der Waals surface area contributed by atoms with E-state index in [1.807, 2.05) is 45.0 Å². The van der Waals surface area contributed by atoms with Crippen molar-refractivity contribution < 1.29 is 86.2 Å². The number of ether oxygens (including phenoxy) is 8. The molecule has 2 aliphatic rings. The number of cyclic esters (lactones) is 2. The first-order valence-corrected chi connectivity index (χ1v) is 30.0. The molecule has 22 nitrogen and oxygen atoms in total. The van der Waals surface area contributed by atoms with Gasteiger partial charge in [0.25, 0.3) is 0 Å². The molecule has 4 rings (SSSR count). The van der Waals surface area contributed by atoms with Crippen LogP contribution in [0.2, 0.25) is 5.02 Å². The first kappa shape index (κ1) is 72.2. The van der Waals surface area contributed by atoms with Gasteiger partial charge in [0.1, 0.15) is 29.8 Å². The van der Waals surface area contributed by atoms with E-state index in [4.69, 9.17) is 49.5 Å². The van der Waals surface area contributed by atoms with Crippen LogP contribution in [0.1, 0.15) is 123 Å². The fourth-order valence-electron chi connectivity index (χ4n) is 9.41. The van der Waals surface area contributed by atoms with Gasteiger partial charge in [0.2, 0.25) is 23.6 Å². The third-order valence-corrected chi connectivity index (χ3v) is 15.2. The van der Waals surface area contributed by atoms with E-state index in [1.54, 1.807) is 66.0 Å². The molecule has 0 spiro atoms. The van der Waals surface area contributed by atoms with Gasteiger partial charge in [-0.25, -0.2) is 4.79 Å². The highest BCUT2D eigenvalue weighted by atomic mass is 35.5.